The third-order valence-corrected chi connectivity index (χ3v) is 7.05. The van der Waals surface area contributed by atoms with E-state index in [1.165, 1.54) is 22.8 Å². The summed E-state index contributed by atoms with van der Waals surface area (Å²) in [6.45, 7) is 3.09. The van der Waals surface area contributed by atoms with Gasteiger partial charge in [-0.25, -0.2) is 18.4 Å². The molecule has 1 amide bonds. The molecule has 0 saturated carbocycles. The third kappa shape index (κ3) is 4.63. The summed E-state index contributed by atoms with van der Waals surface area (Å²) in [5.74, 6) is 0.355. The van der Waals surface area contributed by atoms with E-state index in [0.29, 0.717) is 31.2 Å². The largest absolute Gasteiger partial charge is 0.492 e. The minimum atomic E-state index is -3.72. The van der Waals surface area contributed by atoms with Gasteiger partial charge in [0.15, 0.2) is 5.82 Å². The number of carbonyl (C=O) groups excluding carboxylic acids is 1. The zero-order valence-corrected chi connectivity index (χ0v) is 18.5. The number of nitrogens with zero attached hydrogens (tertiary/aromatic N) is 3. The summed E-state index contributed by atoms with van der Waals surface area (Å²) in [5, 5.41) is 2.73. The van der Waals surface area contributed by atoms with Gasteiger partial charge < -0.3 is 10.1 Å². The van der Waals surface area contributed by atoms with Crippen LogP contribution in [-0.2, 0) is 10.0 Å². The van der Waals surface area contributed by atoms with Crippen molar-refractivity contribution in [2.45, 2.75) is 24.7 Å². The molecule has 32 heavy (non-hydrogen) atoms. The summed E-state index contributed by atoms with van der Waals surface area (Å²) in [4.78, 5) is 21.3. The second kappa shape index (κ2) is 9.46. The molecule has 1 fully saturated rings. The van der Waals surface area contributed by atoms with E-state index in [9.17, 15) is 13.2 Å². The molecule has 8 nitrogen and oxygen atoms in total. The average molecular weight is 453 g/mol. The molecule has 0 atom stereocenters. The number of sulfonamides is 1. The molecule has 2 aromatic carbocycles. The molecule has 1 aliphatic rings. The van der Waals surface area contributed by atoms with Crippen molar-refractivity contribution in [2.24, 2.45) is 0 Å². The van der Waals surface area contributed by atoms with Crippen molar-refractivity contribution in [3.8, 4) is 17.1 Å². The highest BCUT2D eigenvalue weighted by molar-refractivity contribution is 7.89. The first-order chi connectivity index (χ1) is 15.5. The van der Waals surface area contributed by atoms with E-state index >= 15 is 0 Å². The van der Waals surface area contributed by atoms with E-state index in [0.717, 1.165) is 18.4 Å². The Labute approximate surface area is 187 Å². The molecule has 9 heteroatoms. The van der Waals surface area contributed by atoms with Crippen LogP contribution in [0.1, 0.15) is 30.1 Å². The molecule has 1 saturated heterocycles. The number of anilines is 1. The van der Waals surface area contributed by atoms with Crippen molar-refractivity contribution < 1.29 is 17.9 Å². The van der Waals surface area contributed by atoms with Crippen LogP contribution in [0, 0.1) is 0 Å². The van der Waals surface area contributed by atoms with Crippen LogP contribution in [0.3, 0.4) is 0 Å². The predicted octanol–water partition coefficient (Wildman–Crippen LogP) is 3.58. The topological polar surface area (TPSA) is 101 Å². The van der Waals surface area contributed by atoms with Crippen molar-refractivity contribution in [1.29, 1.82) is 0 Å². The Morgan fingerprint density at radius 2 is 1.75 bits per heavy atom. The molecule has 4 rings (SSSR count). The average Bonchev–Trinajstić information content (AvgIpc) is 3.37. The zero-order chi connectivity index (χ0) is 22.6. The number of hydrogen-bond acceptors (Lipinski definition) is 6. The monoisotopic (exact) mass is 452 g/mol. The summed E-state index contributed by atoms with van der Waals surface area (Å²) < 4.78 is 33.2. The lowest BCUT2D eigenvalue weighted by Gasteiger charge is -2.19. The molecule has 2 heterocycles. The van der Waals surface area contributed by atoms with Crippen molar-refractivity contribution in [1.82, 2.24) is 14.3 Å². The zero-order valence-electron chi connectivity index (χ0n) is 17.7. The standard InChI is InChI=1S/C23H24N4O4S/c1-2-31-20-11-10-19(14-21(20)32(29,30)27-12-6-7-13-27)26-23(28)18-15-24-22(25-16-18)17-8-4-3-5-9-17/h3-5,8-11,14-16H,2,6-7,12-13H2,1H3,(H,26,28). The van der Waals surface area contributed by atoms with Gasteiger partial charge in [-0.05, 0) is 38.0 Å². The van der Waals surface area contributed by atoms with Crippen LogP contribution in [0.2, 0.25) is 0 Å². The maximum absolute atomic E-state index is 13.1. The number of nitrogens with one attached hydrogen (secondary N) is 1. The summed E-state index contributed by atoms with van der Waals surface area (Å²) in [7, 11) is -3.72. The lowest BCUT2D eigenvalue weighted by Crippen LogP contribution is -2.28. The first kappa shape index (κ1) is 21.9. The van der Waals surface area contributed by atoms with Crippen LogP contribution in [0.4, 0.5) is 5.69 Å². The van der Waals surface area contributed by atoms with Crippen molar-refractivity contribution in [2.75, 3.05) is 25.0 Å². The maximum atomic E-state index is 13.1. The quantitative estimate of drug-likeness (QED) is 0.588. The third-order valence-electron chi connectivity index (χ3n) is 5.13. The van der Waals surface area contributed by atoms with Gasteiger partial charge in [-0.1, -0.05) is 30.3 Å². The van der Waals surface area contributed by atoms with E-state index in [-0.39, 0.29) is 16.2 Å². The van der Waals surface area contributed by atoms with Crippen LogP contribution < -0.4 is 10.1 Å². The normalized spacial score (nSPS) is 14.3. The molecule has 1 aromatic heterocycles. The highest BCUT2D eigenvalue weighted by atomic mass is 32.2. The van der Waals surface area contributed by atoms with Gasteiger partial charge in [0.2, 0.25) is 10.0 Å². The molecule has 0 radical (unpaired) electrons. The molecule has 0 aliphatic carbocycles. The highest BCUT2D eigenvalue weighted by Crippen LogP contribution is 2.31. The summed E-state index contributed by atoms with van der Waals surface area (Å²) in [6.07, 6.45) is 4.55. The molecule has 0 spiro atoms. The Morgan fingerprint density at radius 1 is 1.06 bits per heavy atom. The lowest BCUT2D eigenvalue weighted by molar-refractivity contribution is 0.102. The molecule has 0 bridgehead atoms. The number of aromatic nitrogens is 2. The van der Waals surface area contributed by atoms with Gasteiger partial charge >= 0.3 is 0 Å². The number of carbonyl (C=O) groups is 1. The molecule has 3 aromatic rings. The first-order valence-corrected chi connectivity index (χ1v) is 11.9. The van der Waals surface area contributed by atoms with E-state index in [1.54, 1.807) is 19.1 Å². The molecule has 166 valence electrons. The number of benzene rings is 2. The van der Waals surface area contributed by atoms with Crippen LogP contribution in [0.25, 0.3) is 11.4 Å². The maximum Gasteiger partial charge on any atom is 0.258 e. The Bertz CT molecular complexity index is 1190. The Morgan fingerprint density at radius 3 is 2.41 bits per heavy atom. The minimum Gasteiger partial charge on any atom is -0.492 e. The highest BCUT2D eigenvalue weighted by Gasteiger charge is 2.30. The fraction of sp³-hybridized carbons (Fsp3) is 0.261. The Hall–Kier alpha value is -3.30. The van der Waals surface area contributed by atoms with E-state index in [2.05, 4.69) is 15.3 Å². The van der Waals surface area contributed by atoms with Gasteiger partial charge in [0.05, 0.1) is 12.2 Å². The van der Waals surface area contributed by atoms with Crippen molar-refractivity contribution in [3.05, 3.63) is 66.5 Å². The predicted molar refractivity (Wildman–Crippen MR) is 121 cm³/mol. The summed E-state index contributed by atoms with van der Waals surface area (Å²) >= 11 is 0. The summed E-state index contributed by atoms with van der Waals surface area (Å²) in [6, 6.07) is 14.1. The summed E-state index contributed by atoms with van der Waals surface area (Å²) in [5.41, 5.74) is 1.47. The van der Waals surface area contributed by atoms with Gasteiger partial charge in [0.25, 0.3) is 5.91 Å². The van der Waals surface area contributed by atoms with E-state index < -0.39 is 15.9 Å². The van der Waals surface area contributed by atoms with E-state index in [4.69, 9.17) is 4.74 Å². The molecular formula is C23H24N4O4S. The fourth-order valence-corrected chi connectivity index (χ4v) is 5.19. The molecular weight excluding hydrogens is 428 g/mol. The lowest BCUT2D eigenvalue weighted by atomic mass is 10.2. The molecule has 1 aliphatic heterocycles. The fourth-order valence-electron chi connectivity index (χ4n) is 3.51. The van der Waals surface area contributed by atoms with Gasteiger partial charge in [0, 0.05) is 36.7 Å². The number of amides is 1. The molecule has 1 N–H and O–H groups in total. The SMILES string of the molecule is CCOc1ccc(NC(=O)c2cnc(-c3ccccc3)nc2)cc1S(=O)(=O)N1CCCC1. The van der Waals surface area contributed by atoms with Crippen LogP contribution in [0.15, 0.2) is 65.8 Å². The van der Waals surface area contributed by atoms with Gasteiger partial charge in [0.1, 0.15) is 10.6 Å². The Kier molecular flexibility index (Phi) is 6.48. The minimum absolute atomic E-state index is 0.0507. The number of rotatable bonds is 7. The number of ether oxygens (including phenoxy) is 1. The van der Waals surface area contributed by atoms with Crippen molar-refractivity contribution >= 4 is 21.6 Å². The van der Waals surface area contributed by atoms with Gasteiger partial charge in [-0.2, -0.15) is 4.31 Å². The first-order valence-electron chi connectivity index (χ1n) is 10.4. The van der Waals surface area contributed by atoms with E-state index in [1.807, 2.05) is 30.3 Å². The van der Waals surface area contributed by atoms with Crippen LogP contribution >= 0.6 is 0 Å². The van der Waals surface area contributed by atoms with Gasteiger partial charge in [-0.15, -0.1) is 0 Å². The van der Waals surface area contributed by atoms with Crippen LogP contribution in [0.5, 0.6) is 5.75 Å². The van der Waals surface area contributed by atoms with Crippen molar-refractivity contribution in [3.63, 3.8) is 0 Å². The van der Waals surface area contributed by atoms with Crippen LogP contribution in [-0.4, -0.2) is 48.3 Å². The molecule has 0 unspecified atom stereocenters. The smallest absolute Gasteiger partial charge is 0.258 e. The Balaban J connectivity index is 1.57. The number of hydrogen-bond donors (Lipinski definition) is 1. The second-order valence-corrected chi connectivity index (χ2v) is 9.23. The second-order valence-electron chi connectivity index (χ2n) is 7.32. The van der Waals surface area contributed by atoms with Gasteiger partial charge in [-0.3, -0.25) is 4.79 Å².